The minimum Gasteiger partial charge on any atom is -0.463 e. The van der Waals surface area contributed by atoms with Crippen molar-refractivity contribution in [2.75, 3.05) is 6.61 Å². The first-order valence-corrected chi connectivity index (χ1v) is 6.71. The Morgan fingerprint density at radius 3 is 2.50 bits per heavy atom. The van der Waals surface area contributed by atoms with Crippen LogP contribution in [0.25, 0.3) is 21.9 Å². The van der Waals surface area contributed by atoms with Crippen LogP contribution in [0.1, 0.15) is 17.3 Å². The molecule has 0 saturated carbocycles. The molecule has 3 aromatic rings. The number of hydrogen-bond acceptors (Lipinski definition) is 5. The van der Waals surface area contributed by atoms with Crippen LogP contribution in [0.3, 0.4) is 0 Å². The van der Waals surface area contributed by atoms with E-state index in [1.165, 1.54) is 12.5 Å². The number of carbonyl (C=O) groups is 2. The first kappa shape index (κ1) is 12.9. The van der Waals surface area contributed by atoms with Crippen LogP contribution >= 0.6 is 15.9 Å². The topological polar surface area (TPSA) is 69.7 Å². The number of furan rings is 2. The lowest BCUT2D eigenvalue weighted by molar-refractivity contribution is -0.137. The lowest BCUT2D eigenvalue weighted by Gasteiger charge is -2.05. The van der Waals surface area contributed by atoms with Crippen LogP contribution in [-0.2, 0) is 9.53 Å². The third kappa shape index (κ3) is 1.76. The SMILES string of the molecule is CCOC(=O)C(=O)c1c2ccoc2c(Br)c2ccoc12. The summed E-state index contributed by atoms with van der Waals surface area (Å²) in [5.41, 5.74) is 0.991. The van der Waals surface area contributed by atoms with Gasteiger partial charge in [0.05, 0.1) is 29.2 Å². The average Bonchev–Trinajstić information content (AvgIpc) is 3.07. The van der Waals surface area contributed by atoms with E-state index in [1.807, 2.05) is 0 Å². The summed E-state index contributed by atoms with van der Waals surface area (Å²) in [6.07, 6.45) is 2.91. The first-order valence-electron chi connectivity index (χ1n) is 5.92. The summed E-state index contributed by atoms with van der Waals surface area (Å²) in [6, 6.07) is 3.32. The molecule has 0 saturated heterocycles. The van der Waals surface area contributed by atoms with E-state index in [-0.39, 0.29) is 12.2 Å². The van der Waals surface area contributed by atoms with E-state index >= 15 is 0 Å². The Balaban J connectivity index is 2.34. The largest absolute Gasteiger partial charge is 0.463 e. The highest BCUT2D eigenvalue weighted by atomic mass is 79.9. The van der Waals surface area contributed by atoms with Crippen LogP contribution in [-0.4, -0.2) is 18.4 Å². The highest BCUT2D eigenvalue weighted by molar-refractivity contribution is 9.10. The molecule has 0 aliphatic heterocycles. The molecule has 0 aliphatic rings. The van der Waals surface area contributed by atoms with Crippen molar-refractivity contribution in [3.05, 3.63) is 34.7 Å². The Kier molecular flexibility index (Phi) is 3.10. The van der Waals surface area contributed by atoms with Gasteiger partial charge in [0.1, 0.15) is 11.2 Å². The molecule has 0 fully saturated rings. The quantitative estimate of drug-likeness (QED) is 0.414. The van der Waals surface area contributed by atoms with Crippen LogP contribution in [0.2, 0.25) is 0 Å². The molecule has 0 amide bonds. The minimum atomic E-state index is -0.907. The number of carbonyl (C=O) groups excluding carboxylic acids is 2. The molecule has 2 heterocycles. The van der Waals surface area contributed by atoms with Gasteiger partial charge >= 0.3 is 5.97 Å². The van der Waals surface area contributed by atoms with Crippen molar-refractivity contribution in [2.45, 2.75) is 6.92 Å². The number of ketones is 1. The number of fused-ring (bicyclic) bond motifs is 2. The van der Waals surface area contributed by atoms with E-state index in [4.69, 9.17) is 13.6 Å². The summed E-state index contributed by atoms with van der Waals surface area (Å²) in [6.45, 7) is 1.78. The lowest BCUT2D eigenvalue weighted by atomic mass is 10.0. The predicted molar refractivity (Wildman–Crippen MR) is 74.6 cm³/mol. The fourth-order valence-corrected chi connectivity index (χ4v) is 2.74. The van der Waals surface area contributed by atoms with Gasteiger partial charge in [0.15, 0.2) is 0 Å². The van der Waals surface area contributed by atoms with E-state index in [0.29, 0.717) is 26.4 Å². The Morgan fingerprint density at radius 2 is 1.80 bits per heavy atom. The number of Topliss-reactive ketones (excluding diaryl/α,β-unsaturated/α-hetero) is 1. The van der Waals surface area contributed by atoms with E-state index in [2.05, 4.69) is 15.9 Å². The molecule has 6 heteroatoms. The van der Waals surface area contributed by atoms with E-state index in [1.54, 1.807) is 19.1 Å². The first-order chi connectivity index (χ1) is 9.65. The molecule has 3 rings (SSSR count). The van der Waals surface area contributed by atoms with Gasteiger partial charge in [0, 0.05) is 10.8 Å². The summed E-state index contributed by atoms with van der Waals surface area (Å²) in [7, 11) is 0. The minimum absolute atomic E-state index is 0.136. The number of halogens is 1. The van der Waals surface area contributed by atoms with Gasteiger partial charge in [0.25, 0.3) is 5.78 Å². The van der Waals surface area contributed by atoms with Gasteiger partial charge in [-0.3, -0.25) is 4.79 Å². The van der Waals surface area contributed by atoms with Crippen LogP contribution in [0.4, 0.5) is 0 Å². The molecular formula is C14H9BrO5. The van der Waals surface area contributed by atoms with Crippen molar-refractivity contribution in [1.82, 2.24) is 0 Å². The highest BCUT2D eigenvalue weighted by Gasteiger charge is 2.27. The van der Waals surface area contributed by atoms with Crippen LogP contribution in [0.15, 0.2) is 38.0 Å². The zero-order valence-electron chi connectivity index (χ0n) is 10.4. The number of hydrogen-bond donors (Lipinski definition) is 0. The van der Waals surface area contributed by atoms with Crippen LogP contribution in [0.5, 0.6) is 0 Å². The summed E-state index contributed by atoms with van der Waals surface area (Å²) >= 11 is 3.41. The number of ether oxygens (including phenoxy) is 1. The molecule has 0 atom stereocenters. The third-order valence-electron chi connectivity index (χ3n) is 2.95. The summed E-state index contributed by atoms with van der Waals surface area (Å²) < 4.78 is 16.2. The molecule has 0 bridgehead atoms. The number of benzene rings is 1. The van der Waals surface area contributed by atoms with Gasteiger partial charge < -0.3 is 13.6 Å². The van der Waals surface area contributed by atoms with Crippen molar-refractivity contribution in [3.63, 3.8) is 0 Å². The second-order valence-corrected chi connectivity index (χ2v) is 4.86. The second kappa shape index (κ2) is 4.79. The maximum absolute atomic E-state index is 12.3. The molecular weight excluding hydrogens is 328 g/mol. The average molecular weight is 337 g/mol. The van der Waals surface area contributed by atoms with Crippen molar-refractivity contribution < 1.29 is 23.2 Å². The van der Waals surface area contributed by atoms with Gasteiger partial charge in [-0.05, 0) is 35.0 Å². The Bertz CT molecular complexity index is 775. The van der Waals surface area contributed by atoms with Gasteiger partial charge in [-0.25, -0.2) is 4.79 Å². The molecule has 0 radical (unpaired) electrons. The Hall–Kier alpha value is -2.08. The molecule has 0 N–H and O–H groups in total. The fourth-order valence-electron chi connectivity index (χ4n) is 2.12. The van der Waals surface area contributed by atoms with E-state index < -0.39 is 11.8 Å². The maximum Gasteiger partial charge on any atom is 0.379 e. The molecule has 0 unspecified atom stereocenters. The van der Waals surface area contributed by atoms with Crippen LogP contribution in [0, 0.1) is 0 Å². The lowest BCUT2D eigenvalue weighted by Crippen LogP contribution is -2.18. The molecule has 102 valence electrons. The van der Waals surface area contributed by atoms with E-state index in [0.717, 1.165) is 0 Å². The van der Waals surface area contributed by atoms with Gasteiger partial charge in [-0.2, -0.15) is 0 Å². The van der Waals surface area contributed by atoms with Gasteiger partial charge in [0.2, 0.25) is 0 Å². The molecule has 0 aliphatic carbocycles. The van der Waals surface area contributed by atoms with E-state index in [9.17, 15) is 9.59 Å². The fraction of sp³-hybridized carbons (Fsp3) is 0.143. The van der Waals surface area contributed by atoms with Crippen molar-refractivity contribution in [1.29, 1.82) is 0 Å². The van der Waals surface area contributed by atoms with Gasteiger partial charge in [-0.15, -0.1) is 0 Å². The molecule has 1 aromatic carbocycles. The predicted octanol–water partition coefficient (Wildman–Crippen LogP) is 3.69. The Labute approximate surface area is 121 Å². The standard InChI is InChI=1S/C14H9BrO5/c1-2-18-14(17)11(16)9-7-3-5-20-13(7)10(15)8-4-6-19-12(8)9/h3-6H,2H2,1H3. The maximum atomic E-state index is 12.3. The second-order valence-electron chi connectivity index (χ2n) is 4.07. The van der Waals surface area contributed by atoms with Crippen molar-refractivity contribution in [3.8, 4) is 0 Å². The summed E-state index contributed by atoms with van der Waals surface area (Å²) in [4.78, 5) is 24.0. The molecule has 0 spiro atoms. The third-order valence-corrected chi connectivity index (χ3v) is 3.74. The number of rotatable bonds is 3. The molecule has 20 heavy (non-hydrogen) atoms. The Morgan fingerprint density at radius 1 is 1.15 bits per heavy atom. The number of esters is 1. The molecule has 2 aromatic heterocycles. The van der Waals surface area contributed by atoms with Crippen molar-refractivity contribution >= 4 is 49.6 Å². The zero-order valence-corrected chi connectivity index (χ0v) is 12.0. The summed E-state index contributed by atoms with van der Waals surface area (Å²) in [5.74, 6) is -1.65. The van der Waals surface area contributed by atoms with Gasteiger partial charge in [-0.1, -0.05) is 0 Å². The zero-order chi connectivity index (χ0) is 14.3. The normalized spacial score (nSPS) is 11.1. The molecule has 5 nitrogen and oxygen atoms in total. The van der Waals surface area contributed by atoms with Crippen molar-refractivity contribution in [2.24, 2.45) is 0 Å². The smallest absolute Gasteiger partial charge is 0.379 e. The van der Waals surface area contributed by atoms with Crippen LogP contribution < -0.4 is 0 Å². The summed E-state index contributed by atoms with van der Waals surface area (Å²) in [5, 5.41) is 1.18. The monoisotopic (exact) mass is 336 g/mol. The highest BCUT2D eigenvalue weighted by Crippen LogP contribution is 2.37.